The van der Waals surface area contributed by atoms with Crippen LogP contribution in [0.4, 0.5) is 0 Å². The van der Waals surface area contributed by atoms with Gasteiger partial charge in [-0.05, 0) is 51.8 Å². The Morgan fingerprint density at radius 1 is 1.24 bits per heavy atom. The predicted octanol–water partition coefficient (Wildman–Crippen LogP) is 5.52. The second-order valence-electron chi connectivity index (χ2n) is 4.86. The molecule has 128 valence electrons. The number of benzene rings is 2. The van der Waals surface area contributed by atoms with E-state index in [1.807, 2.05) is 18.2 Å². The Labute approximate surface area is 164 Å². The standard InChI is InChI=1S/C19H13BrCl2O3/c1-2-9-24-19(23)8-4-13-3-7-18(16(20)10-13)25-12-14-5-6-15(21)11-17(14)22/h1,3-8,10-11H,9,12H2/b8-4+. The number of esters is 1. The maximum atomic E-state index is 11.4. The van der Waals surface area contributed by atoms with Crippen LogP contribution in [0.5, 0.6) is 5.75 Å². The lowest BCUT2D eigenvalue weighted by Gasteiger charge is -2.10. The van der Waals surface area contributed by atoms with Gasteiger partial charge in [0.1, 0.15) is 12.4 Å². The van der Waals surface area contributed by atoms with E-state index in [1.165, 1.54) is 6.08 Å². The van der Waals surface area contributed by atoms with Crippen molar-refractivity contribution in [1.82, 2.24) is 0 Å². The fourth-order valence-corrected chi connectivity index (χ4v) is 2.83. The van der Waals surface area contributed by atoms with Gasteiger partial charge in [0.2, 0.25) is 0 Å². The van der Waals surface area contributed by atoms with E-state index in [2.05, 4.69) is 21.9 Å². The van der Waals surface area contributed by atoms with Crippen LogP contribution in [0.15, 0.2) is 46.9 Å². The van der Waals surface area contributed by atoms with E-state index < -0.39 is 5.97 Å². The van der Waals surface area contributed by atoms with Gasteiger partial charge in [0.15, 0.2) is 6.61 Å². The number of ether oxygens (including phenoxy) is 2. The van der Waals surface area contributed by atoms with Crippen molar-refractivity contribution < 1.29 is 14.3 Å². The van der Waals surface area contributed by atoms with Crippen LogP contribution in [0.3, 0.4) is 0 Å². The highest BCUT2D eigenvalue weighted by molar-refractivity contribution is 9.10. The summed E-state index contributed by atoms with van der Waals surface area (Å²) in [7, 11) is 0. The minimum Gasteiger partial charge on any atom is -0.488 e. The molecule has 0 N–H and O–H groups in total. The van der Waals surface area contributed by atoms with Gasteiger partial charge < -0.3 is 9.47 Å². The van der Waals surface area contributed by atoms with Crippen molar-refractivity contribution in [1.29, 1.82) is 0 Å². The molecule has 0 saturated heterocycles. The molecule has 0 aliphatic rings. The molecule has 0 heterocycles. The molecule has 0 saturated carbocycles. The molecule has 0 fully saturated rings. The zero-order valence-electron chi connectivity index (χ0n) is 13.0. The quantitative estimate of drug-likeness (QED) is 0.337. The molecule has 0 spiro atoms. The van der Waals surface area contributed by atoms with Crippen molar-refractivity contribution in [3.05, 3.63) is 68.1 Å². The van der Waals surface area contributed by atoms with Crippen LogP contribution in [0.25, 0.3) is 6.08 Å². The fourth-order valence-electron chi connectivity index (χ4n) is 1.86. The number of carbonyl (C=O) groups is 1. The van der Waals surface area contributed by atoms with Crippen LogP contribution in [0.1, 0.15) is 11.1 Å². The minimum absolute atomic E-state index is 0.0487. The Kier molecular flexibility index (Phi) is 7.39. The molecule has 0 aromatic heterocycles. The predicted molar refractivity (Wildman–Crippen MR) is 104 cm³/mol. The van der Waals surface area contributed by atoms with Crippen LogP contribution in [0, 0.1) is 12.3 Å². The smallest absolute Gasteiger partial charge is 0.331 e. The Hall–Kier alpha value is -1.93. The fraction of sp³-hybridized carbons (Fsp3) is 0.105. The molecule has 2 aromatic carbocycles. The summed E-state index contributed by atoms with van der Waals surface area (Å²) in [4.78, 5) is 11.4. The topological polar surface area (TPSA) is 35.5 Å². The zero-order chi connectivity index (χ0) is 18.2. The molecular formula is C19H13BrCl2O3. The van der Waals surface area contributed by atoms with Crippen molar-refractivity contribution >= 4 is 51.2 Å². The van der Waals surface area contributed by atoms with E-state index in [-0.39, 0.29) is 6.61 Å². The summed E-state index contributed by atoms with van der Waals surface area (Å²) in [5.74, 6) is 2.39. The summed E-state index contributed by atoms with van der Waals surface area (Å²) in [5.41, 5.74) is 1.64. The Morgan fingerprint density at radius 3 is 2.72 bits per heavy atom. The van der Waals surface area contributed by atoms with Gasteiger partial charge in [0.25, 0.3) is 0 Å². The molecule has 3 nitrogen and oxygen atoms in total. The first-order valence-corrected chi connectivity index (χ1v) is 8.69. The summed E-state index contributed by atoms with van der Waals surface area (Å²) in [6.45, 7) is 0.259. The van der Waals surface area contributed by atoms with Crippen molar-refractivity contribution in [3.8, 4) is 18.1 Å². The molecule has 0 aliphatic heterocycles. The summed E-state index contributed by atoms with van der Waals surface area (Å²) in [5, 5.41) is 1.13. The SMILES string of the molecule is C#CCOC(=O)/C=C/c1ccc(OCc2ccc(Cl)cc2Cl)c(Br)c1. The Balaban J connectivity index is 2.00. The van der Waals surface area contributed by atoms with Gasteiger partial charge in [0, 0.05) is 21.7 Å². The van der Waals surface area contributed by atoms with Crippen LogP contribution >= 0.6 is 39.1 Å². The third-order valence-electron chi connectivity index (χ3n) is 3.06. The molecule has 2 rings (SSSR count). The molecule has 6 heteroatoms. The third-order valence-corrected chi connectivity index (χ3v) is 4.27. The Morgan fingerprint density at radius 2 is 2.04 bits per heavy atom. The van der Waals surface area contributed by atoms with Crippen molar-refractivity contribution in [2.24, 2.45) is 0 Å². The molecule has 0 unspecified atom stereocenters. The highest BCUT2D eigenvalue weighted by Gasteiger charge is 2.06. The summed E-state index contributed by atoms with van der Waals surface area (Å²) in [6, 6.07) is 10.7. The number of hydrogen-bond donors (Lipinski definition) is 0. The molecule has 0 aliphatic carbocycles. The van der Waals surface area contributed by atoms with E-state index in [0.29, 0.717) is 22.4 Å². The van der Waals surface area contributed by atoms with Crippen molar-refractivity contribution in [2.75, 3.05) is 6.61 Å². The van der Waals surface area contributed by atoms with E-state index >= 15 is 0 Å². The molecule has 0 bridgehead atoms. The Bertz CT molecular complexity index is 841. The average Bonchev–Trinajstić information content (AvgIpc) is 2.58. The second kappa shape index (κ2) is 9.53. The maximum absolute atomic E-state index is 11.4. The summed E-state index contributed by atoms with van der Waals surface area (Å²) >= 11 is 15.4. The highest BCUT2D eigenvalue weighted by atomic mass is 79.9. The van der Waals surface area contributed by atoms with E-state index in [0.717, 1.165) is 15.6 Å². The lowest BCUT2D eigenvalue weighted by molar-refractivity contribution is -0.136. The van der Waals surface area contributed by atoms with Crippen molar-refractivity contribution in [2.45, 2.75) is 6.61 Å². The summed E-state index contributed by atoms with van der Waals surface area (Å²) in [6.07, 6.45) is 7.96. The van der Waals surface area contributed by atoms with Crippen LogP contribution in [-0.4, -0.2) is 12.6 Å². The van der Waals surface area contributed by atoms with E-state index in [4.69, 9.17) is 39.1 Å². The normalized spacial score (nSPS) is 10.5. The highest BCUT2D eigenvalue weighted by Crippen LogP contribution is 2.29. The average molecular weight is 440 g/mol. The minimum atomic E-state index is -0.494. The van der Waals surface area contributed by atoms with Crippen LogP contribution in [0.2, 0.25) is 10.0 Å². The van der Waals surface area contributed by atoms with E-state index in [9.17, 15) is 4.79 Å². The lowest BCUT2D eigenvalue weighted by atomic mass is 10.2. The van der Waals surface area contributed by atoms with E-state index in [1.54, 1.807) is 24.3 Å². The molecule has 2 aromatic rings. The van der Waals surface area contributed by atoms with Gasteiger partial charge in [-0.2, -0.15) is 0 Å². The number of carbonyl (C=O) groups excluding carboxylic acids is 1. The number of rotatable bonds is 6. The maximum Gasteiger partial charge on any atom is 0.331 e. The number of terminal acetylenes is 1. The van der Waals surface area contributed by atoms with Gasteiger partial charge in [0.05, 0.1) is 4.47 Å². The number of halogens is 3. The molecule has 25 heavy (non-hydrogen) atoms. The first-order chi connectivity index (χ1) is 12.0. The first-order valence-electron chi connectivity index (χ1n) is 7.14. The van der Waals surface area contributed by atoms with Crippen LogP contribution < -0.4 is 4.74 Å². The number of hydrogen-bond acceptors (Lipinski definition) is 3. The van der Waals surface area contributed by atoms with Crippen molar-refractivity contribution in [3.63, 3.8) is 0 Å². The summed E-state index contributed by atoms with van der Waals surface area (Å²) < 4.78 is 11.3. The lowest BCUT2D eigenvalue weighted by Crippen LogP contribution is -2.00. The molecule has 0 atom stereocenters. The second-order valence-corrected chi connectivity index (χ2v) is 6.56. The van der Waals surface area contributed by atoms with Gasteiger partial charge in [-0.1, -0.05) is 41.3 Å². The third kappa shape index (κ3) is 6.13. The monoisotopic (exact) mass is 438 g/mol. The zero-order valence-corrected chi connectivity index (χ0v) is 16.1. The molecule has 0 amide bonds. The van der Waals surface area contributed by atoms with Gasteiger partial charge in [-0.15, -0.1) is 6.42 Å². The molecule has 0 radical (unpaired) electrons. The van der Waals surface area contributed by atoms with Gasteiger partial charge >= 0.3 is 5.97 Å². The first kappa shape index (κ1) is 19.4. The van der Waals surface area contributed by atoms with Gasteiger partial charge in [-0.25, -0.2) is 4.79 Å². The van der Waals surface area contributed by atoms with Gasteiger partial charge in [-0.3, -0.25) is 0 Å². The van der Waals surface area contributed by atoms with Crippen LogP contribution in [-0.2, 0) is 16.1 Å². The largest absolute Gasteiger partial charge is 0.488 e. The molecular weight excluding hydrogens is 427 g/mol.